The minimum absolute atomic E-state index is 0.0121. The summed E-state index contributed by atoms with van der Waals surface area (Å²) in [5, 5.41) is 9.17. The zero-order valence-electron chi connectivity index (χ0n) is 10.1. The lowest BCUT2D eigenvalue weighted by atomic mass is 9.83. The van der Waals surface area contributed by atoms with Gasteiger partial charge >= 0.3 is 5.97 Å². The van der Waals surface area contributed by atoms with Crippen LogP contribution in [-0.2, 0) is 14.3 Å². The fourth-order valence-corrected chi connectivity index (χ4v) is 2.62. The van der Waals surface area contributed by atoms with Crippen LogP contribution in [0.5, 0.6) is 0 Å². The number of carbonyl (C=O) groups is 2. The number of carboxylic acid groups (broad SMARTS) is 1. The van der Waals surface area contributed by atoms with Gasteiger partial charge in [-0.25, -0.2) is 0 Å². The molecule has 2 rings (SSSR count). The molecule has 1 aliphatic heterocycles. The third-order valence-corrected chi connectivity index (χ3v) is 3.96. The van der Waals surface area contributed by atoms with Crippen LogP contribution in [-0.4, -0.2) is 48.2 Å². The number of hydrogen-bond donors (Lipinski definition) is 1. The molecular weight excluding hydrogens is 222 g/mol. The van der Waals surface area contributed by atoms with E-state index in [1.54, 1.807) is 11.9 Å². The van der Waals surface area contributed by atoms with Gasteiger partial charge in [-0.3, -0.25) is 9.59 Å². The molecule has 5 nitrogen and oxygen atoms in total. The molecule has 0 radical (unpaired) electrons. The molecule has 0 atom stereocenters. The number of carboxylic acids is 1. The Labute approximate surface area is 101 Å². The van der Waals surface area contributed by atoms with Crippen LogP contribution >= 0.6 is 0 Å². The molecule has 1 N–H and O–H groups in total. The Kier molecular flexibility index (Phi) is 3.38. The number of hydrogen-bond acceptors (Lipinski definition) is 3. The average Bonchev–Trinajstić information content (AvgIpc) is 2.27. The fourth-order valence-electron chi connectivity index (χ4n) is 2.62. The van der Waals surface area contributed by atoms with Crippen molar-refractivity contribution in [3.05, 3.63) is 0 Å². The highest BCUT2D eigenvalue weighted by atomic mass is 16.5. The van der Waals surface area contributed by atoms with Gasteiger partial charge < -0.3 is 14.7 Å². The summed E-state index contributed by atoms with van der Waals surface area (Å²) in [4.78, 5) is 25.1. The van der Waals surface area contributed by atoms with Gasteiger partial charge in [0, 0.05) is 13.1 Å². The highest BCUT2D eigenvalue weighted by molar-refractivity contribution is 6.03. The van der Waals surface area contributed by atoms with Crippen molar-refractivity contribution in [1.82, 2.24) is 4.90 Å². The summed E-state index contributed by atoms with van der Waals surface area (Å²) in [6, 6.07) is 0.202. The van der Waals surface area contributed by atoms with Crippen molar-refractivity contribution in [2.24, 2.45) is 5.41 Å². The van der Waals surface area contributed by atoms with Crippen molar-refractivity contribution in [1.29, 1.82) is 0 Å². The highest BCUT2D eigenvalue weighted by Crippen LogP contribution is 2.32. The van der Waals surface area contributed by atoms with Crippen LogP contribution in [0.4, 0.5) is 0 Å². The van der Waals surface area contributed by atoms with Gasteiger partial charge in [-0.2, -0.15) is 0 Å². The molecule has 1 aliphatic carbocycles. The molecule has 5 heteroatoms. The summed E-state index contributed by atoms with van der Waals surface area (Å²) in [6.45, 7) is 0.0243. The lowest BCUT2D eigenvalue weighted by Gasteiger charge is -2.41. The SMILES string of the molecule is CN(C(=O)C1(C(=O)O)COC1)C1CCCCC1. The largest absolute Gasteiger partial charge is 0.480 e. The highest BCUT2D eigenvalue weighted by Gasteiger charge is 2.55. The van der Waals surface area contributed by atoms with Gasteiger partial charge in [0.05, 0.1) is 13.2 Å². The van der Waals surface area contributed by atoms with Crippen molar-refractivity contribution >= 4 is 11.9 Å². The molecule has 2 aliphatic rings. The lowest BCUT2D eigenvalue weighted by Crippen LogP contribution is -2.60. The summed E-state index contributed by atoms with van der Waals surface area (Å²) in [5.41, 5.74) is -1.31. The normalized spacial score (nSPS) is 23.8. The molecule has 1 saturated heterocycles. The van der Waals surface area contributed by atoms with E-state index < -0.39 is 11.4 Å². The van der Waals surface area contributed by atoms with Gasteiger partial charge in [0.15, 0.2) is 5.41 Å². The van der Waals surface area contributed by atoms with Crippen LogP contribution < -0.4 is 0 Å². The number of aliphatic carboxylic acids is 1. The second-order valence-electron chi connectivity index (χ2n) is 5.09. The first-order valence-electron chi connectivity index (χ1n) is 6.16. The predicted octanol–water partition coefficient (Wildman–Crippen LogP) is 0.879. The molecule has 1 saturated carbocycles. The number of carbonyl (C=O) groups excluding carboxylic acids is 1. The molecule has 17 heavy (non-hydrogen) atoms. The summed E-state index contributed by atoms with van der Waals surface area (Å²) < 4.78 is 4.93. The number of ether oxygens (including phenoxy) is 1. The van der Waals surface area contributed by atoms with Gasteiger partial charge in [0.25, 0.3) is 0 Å². The van der Waals surface area contributed by atoms with E-state index in [2.05, 4.69) is 0 Å². The van der Waals surface area contributed by atoms with Crippen LogP contribution in [0.2, 0.25) is 0 Å². The van der Waals surface area contributed by atoms with E-state index in [-0.39, 0.29) is 25.2 Å². The second-order valence-corrected chi connectivity index (χ2v) is 5.09. The van der Waals surface area contributed by atoms with Gasteiger partial charge in [0.2, 0.25) is 5.91 Å². The van der Waals surface area contributed by atoms with Crippen molar-refractivity contribution in [2.75, 3.05) is 20.3 Å². The maximum atomic E-state index is 12.3. The minimum Gasteiger partial charge on any atom is -0.480 e. The van der Waals surface area contributed by atoms with Crippen LogP contribution in [0, 0.1) is 5.41 Å². The van der Waals surface area contributed by atoms with E-state index in [9.17, 15) is 14.7 Å². The van der Waals surface area contributed by atoms with E-state index >= 15 is 0 Å². The molecule has 0 aromatic rings. The third-order valence-electron chi connectivity index (χ3n) is 3.96. The van der Waals surface area contributed by atoms with E-state index in [0.29, 0.717) is 0 Å². The monoisotopic (exact) mass is 241 g/mol. The quantitative estimate of drug-likeness (QED) is 0.745. The van der Waals surface area contributed by atoms with E-state index in [1.165, 1.54) is 6.42 Å². The smallest absolute Gasteiger partial charge is 0.324 e. The molecule has 96 valence electrons. The Morgan fingerprint density at radius 2 is 1.82 bits per heavy atom. The first-order valence-corrected chi connectivity index (χ1v) is 6.16. The van der Waals surface area contributed by atoms with Crippen molar-refractivity contribution < 1.29 is 19.4 Å². The van der Waals surface area contributed by atoms with Crippen LogP contribution in [0.1, 0.15) is 32.1 Å². The summed E-state index contributed by atoms with van der Waals surface area (Å²) in [7, 11) is 1.72. The predicted molar refractivity (Wildman–Crippen MR) is 60.5 cm³/mol. The molecule has 1 heterocycles. The fraction of sp³-hybridized carbons (Fsp3) is 0.833. The first-order chi connectivity index (χ1) is 8.08. The van der Waals surface area contributed by atoms with Gasteiger partial charge in [-0.15, -0.1) is 0 Å². The average molecular weight is 241 g/mol. The Morgan fingerprint density at radius 3 is 2.24 bits per heavy atom. The Morgan fingerprint density at radius 1 is 1.24 bits per heavy atom. The zero-order chi connectivity index (χ0) is 12.5. The van der Waals surface area contributed by atoms with Gasteiger partial charge in [-0.1, -0.05) is 19.3 Å². The van der Waals surface area contributed by atoms with E-state index in [4.69, 9.17) is 4.74 Å². The van der Waals surface area contributed by atoms with Crippen molar-refractivity contribution in [3.8, 4) is 0 Å². The van der Waals surface area contributed by atoms with E-state index in [0.717, 1.165) is 25.7 Å². The van der Waals surface area contributed by atoms with Gasteiger partial charge in [0.1, 0.15) is 0 Å². The molecule has 2 fully saturated rings. The summed E-state index contributed by atoms with van der Waals surface area (Å²) >= 11 is 0. The molecule has 0 unspecified atom stereocenters. The zero-order valence-corrected chi connectivity index (χ0v) is 10.1. The molecular formula is C12H19NO4. The molecule has 0 spiro atoms. The van der Waals surface area contributed by atoms with Crippen molar-refractivity contribution in [3.63, 3.8) is 0 Å². The lowest BCUT2D eigenvalue weighted by molar-refractivity contribution is -0.191. The topological polar surface area (TPSA) is 66.8 Å². The van der Waals surface area contributed by atoms with Crippen LogP contribution in [0.3, 0.4) is 0 Å². The Bertz CT molecular complexity index is 318. The Hall–Kier alpha value is -1.10. The number of rotatable bonds is 3. The molecule has 1 amide bonds. The molecule has 0 aromatic carbocycles. The number of nitrogens with zero attached hydrogens (tertiary/aromatic N) is 1. The van der Waals surface area contributed by atoms with Crippen LogP contribution in [0.25, 0.3) is 0 Å². The first kappa shape index (κ1) is 12.4. The maximum Gasteiger partial charge on any atom is 0.324 e. The van der Waals surface area contributed by atoms with E-state index in [1.807, 2.05) is 0 Å². The Balaban J connectivity index is 2.05. The molecule has 0 aromatic heterocycles. The second kappa shape index (κ2) is 4.64. The maximum absolute atomic E-state index is 12.3. The number of amides is 1. The van der Waals surface area contributed by atoms with Crippen LogP contribution in [0.15, 0.2) is 0 Å². The summed E-state index contributed by atoms with van der Waals surface area (Å²) in [5.74, 6) is -1.35. The summed E-state index contributed by atoms with van der Waals surface area (Å²) in [6.07, 6.45) is 5.43. The standard InChI is InChI=1S/C12H19NO4/c1-13(9-5-3-2-4-6-9)10(14)12(11(15)16)7-17-8-12/h9H,2-8H2,1H3,(H,15,16). The minimum atomic E-state index is -1.31. The molecule has 0 bridgehead atoms. The van der Waals surface area contributed by atoms with Gasteiger partial charge in [-0.05, 0) is 12.8 Å². The van der Waals surface area contributed by atoms with Crippen molar-refractivity contribution in [2.45, 2.75) is 38.1 Å². The third kappa shape index (κ3) is 2.04.